The number of para-hydroxylation sites is 1. The minimum atomic E-state index is -3.88. The maximum absolute atomic E-state index is 14.0. The molecule has 0 bridgehead atoms. The first kappa shape index (κ1) is 19.1. The van der Waals surface area contributed by atoms with Crippen molar-refractivity contribution < 1.29 is 17.6 Å². The van der Waals surface area contributed by atoms with Gasteiger partial charge in [-0.15, -0.1) is 0 Å². The second-order valence-electron chi connectivity index (χ2n) is 7.33. The van der Waals surface area contributed by atoms with Crippen LogP contribution in [0.1, 0.15) is 24.8 Å². The summed E-state index contributed by atoms with van der Waals surface area (Å²) in [5.74, 6) is -0.890. The van der Waals surface area contributed by atoms with Crippen LogP contribution in [-0.4, -0.2) is 38.3 Å². The molecule has 2 aromatic carbocycles. The number of sulfonamides is 1. The predicted octanol–water partition coefficient (Wildman–Crippen LogP) is 3.21. The highest BCUT2D eigenvalue weighted by Gasteiger charge is 2.35. The van der Waals surface area contributed by atoms with Gasteiger partial charge in [0.05, 0.1) is 0 Å². The number of hydrogen-bond donors (Lipinski definition) is 0. The lowest BCUT2D eigenvalue weighted by Crippen LogP contribution is -2.45. The standard InChI is InChI=1S/C21H23FN2O3S/c22-18-8-2-4-10-20(18)28(26,27)23-14-11-17(12-15-23)21(25)24-13-5-7-16-6-1-3-9-19(16)24/h1-4,6,8-10,17H,5,7,11-15H2. The molecule has 148 valence electrons. The minimum Gasteiger partial charge on any atom is -0.312 e. The zero-order chi connectivity index (χ0) is 19.7. The Balaban J connectivity index is 1.46. The van der Waals surface area contributed by atoms with Gasteiger partial charge in [-0.05, 0) is 49.4 Å². The molecule has 2 aliphatic heterocycles. The number of benzene rings is 2. The molecule has 2 heterocycles. The van der Waals surface area contributed by atoms with Gasteiger partial charge in [-0.2, -0.15) is 4.31 Å². The molecule has 1 amide bonds. The van der Waals surface area contributed by atoms with E-state index in [-0.39, 0.29) is 29.8 Å². The number of aryl methyl sites for hydroxylation is 1. The molecule has 0 unspecified atom stereocenters. The zero-order valence-corrected chi connectivity index (χ0v) is 16.4. The molecule has 4 rings (SSSR count). The van der Waals surface area contributed by atoms with Crippen LogP contribution in [0.25, 0.3) is 0 Å². The summed E-state index contributed by atoms with van der Waals surface area (Å²) < 4.78 is 40.7. The zero-order valence-electron chi connectivity index (χ0n) is 15.6. The Morgan fingerprint density at radius 1 is 0.964 bits per heavy atom. The summed E-state index contributed by atoms with van der Waals surface area (Å²) in [6.07, 6.45) is 2.80. The van der Waals surface area contributed by atoms with E-state index in [1.807, 2.05) is 23.1 Å². The van der Waals surface area contributed by atoms with Crippen LogP contribution in [-0.2, 0) is 21.2 Å². The Morgan fingerprint density at radius 3 is 2.39 bits per heavy atom. The minimum absolute atomic E-state index is 0.0649. The second kappa shape index (κ2) is 7.64. The first-order valence-corrected chi connectivity index (χ1v) is 11.1. The number of carbonyl (C=O) groups is 1. The maximum Gasteiger partial charge on any atom is 0.245 e. The van der Waals surface area contributed by atoms with Gasteiger partial charge < -0.3 is 4.90 Å². The van der Waals surface area contributed by atoms with E-state index in [2.05, 4.69) is 6.07 Å². The van der Waals surface area contributed by atoms with Gasteiger partial charge in [-0.25, -0.2) is 12.8 Å². The monoisotopic (exact) mass is 402 g/mol. The van der Waals surface area contributed by atoms with Crippen LogP contribution < -0.4 is 4.90 Å². The second-order valence-corrected chi connectivity index (χ2v) is 9.24. The van der Waals surface area contributed by atoms with E-state index >= 15 is 0 Å². The Labute approximate surface area is 164 Å². The van der Waals surface area contributed by atoms with E-state index in [4.69, 9.17) is 0 Å². The summed E-state index contributed by atoms with van der Waals surface area (Å²) in [5.41, 5.74) is 2.15. The van der Waals surface area contributed by atoms with Gasteiger partial charge in [0.25, 0.3) is 0 Å². The van der Waals surface area contributed by atoms with E-state index < -0.39 is 15.8 Å². The number of halogens is 1. The van der Waals surface area contributed by atoms with E-state index in [0.717, 1.165) is 24.6 Å². The number of hydrogen-bond acceptors (Lipinski definition) is 3. The molecule has 2 aromatic rings. The lowest BCUT2D eigenvalue weighted by molar-refractivity contribution is -0.123. The molecule has 5 nitrogen and oxygen atoms in total. The fourth-order valence-corrected chi connectivity index (χ4v) is 5.65. The van der Waals surface area contributed by atoms with Gasteiger partial charge in [0, 0.05) is 31.2 Å². The third kappa shape index (κ3) is 3.44. The van der Waals surface area contributed by atoms with Gasteiger partial charge in [0.2, 0.25) is 15.9 Å². The van der Waals surface area contributed by atoms with Crippen molar-refractivity contribution in [1.29, 1.82) is 0 Å². The molecule has 28 heavy (non-hydrogen) atoms. The Bertz CT molecular complexity index is 985. The molecule has 1 saturated heterocycles. The predicted molar refractivity (Wildman–Crippen MR) is 105 cm³/mol. The molecular weight excluding hydrogens is 379 g/mol. The molecule has 0 saturated carbocycles. The molecule has 7 heteroatoms. The average molecular weight is 402 g/mol. The fraction of sp³-hybridized carbons (Fsp3) is 0.381. The van der Waals surface area contributed by atoms with Gasteiger partial charge in [-0.3, -0.25) is 4.79 Å². The van der Waals surface area contributed by atoms with Gasteiger partial charge in [-0.1, -0.05) is 30.3 Å². The van der Waals surface area contributed by atoms with Crippen LogP contribution in [0.2, 0.25) is 0 Å². The van der Waals surface area contributed by atoms with Crippen LogP contribution in [0.3, 0.4) is 0 Å². The smallest absolute Gasteiger partial charge is 0.245 e. The van der Waals surface area contributed by atoms with Crippen LogP contribution in [0.15, 0.2) is 53.4 Å². The lowest BCUT2D eigenvalue weighted by Gasteiger charge is -2.36. The largest absolute Gasteiger partial charge is 0.312 e. The highest BCUT2D eigenvalue weighted by molar-refractivity contribution is 7.89. The molecule has 2 aliphatic rings. The summed E-state index contributed by atoms with van der Waals surface area (Å²) in [7, 11) is -3.88. The number of rotatable bonds is 3. The summed E-state index contributed by atoms with van der Waals surface area (Å²) >= 11 is 0. The van der Waals surface area contributed by atoms with Crippen molar-refractivity contribution in [2.75, 3.05) is 24.5 Å². The third-order valence-corrected chi connectivity index (χ3v) is 7.57. The topological polar surface area (TPSA) is 57.7 Å². The fourth-order valence-electron chi connectivity index (χ4n) is 4.12. The molecular formula is C21H23FN2O3S. The van der Waals surface area contributed by atoms with Crippen molar-refractivity contribution in [3.8, 4) is 0 Å². The number of amides is 1. The number of carbonyl (C=O) groups excluding carboxylic acids is 1. The van der Waals surface area contributed by atoms with Crippen molar-refractivity contribution in [3.63, 3.8) is 0 Å². The van der Waals surface area contributed by atoms with E-state index in [1.54, 1.807) is 0 Å². The molecule has 0 atom stereocenters. The lowest BCUT2D eigenvalue weighted by atomic mass is 9.94. The van der Waals surface area contributed by atoms with Crippen molar-refractivity contribution in [3.05, 3.63) is 59.9 Å². The molecule has 0 spiro atoms. The first-order valence-electron chi connectivity index (χ1n) is 9.62. The van der Waals surface area contributed by atoms with Crippen LogP contribution in [0.5, 0.6) is 0 Å². The molecule has 0 aromatic heterocycles. The Morgan fingerprint density at radius 2 is 1.64 bits per heavy atom. The van der Waals surface area contributed by atoms with Crippen molar-refractivity contribution in [1.82, 2.24) is 4.31 Å². The SMILES string of the molecule is O=C(C1CCN(S(=O)(=O)c2ccccc2F)CC1)N1CCCc2ccccc21. The number of piperidine rings is 1. The third-order valence-electron chi connectivity index (χ3n) is 5.63. The summed E-state index contributed by atoms with van der Waals surface area (Å²) in [5, 5.41) is 0. The van der Waals surface area contributed by atoms with Crippen LogP contribution >= 0.6 is 0 Å². The molecule has 0 N–H and O–H groups in total. The highest BCUT2D eigenvalue weighted by Crippen LogP contribution is 2.31. The quantitative estimate of drug-likeness (QED) is 0.792. The van der Waals surface area contributed by atoms with Gasteiger partial charge in [0.1, 0.15) is 10.7 Å². The number of anilines is 1. The molecule has 1 fully saturated rings. The van der Waals surface area contributed by atoms with E-state index in [1.165, 1.54) is 28.1 Å². The molecule has 0 radical (unpaired) electrons. The maximum atomic E-state index is 14.0. The molecule has 0 aliphatic carbocycles. The van der Waals surface area contributed by atoms with Crippen molar-refractivity contribution in [2.45, 2.75) is 30.6 Å². The van der Waals surface area contributed by atoms with E-state index in [0.29, 0.717) is 19.4 Å². The number of fused-ring (bicyclic) bond motifs is 1. The summed E-state index contributed by atoms with van der Waals surface area (Å²) in [4.78, 5) is 14.6. The van der Waals surface area contributed by atoms with Crippen molar-refractivity contribution in [2.24, 2.45) is 5.92 Å². The number of nitrogens with zero attached hydrogens (tertiary/aromatic N) is 2. The van der Waals surface area contributed by atoms with E-state index in [9.17, 15) is 17.6 Å². The van der Waals surface area contributed by atoms with Gasteiger partial charge in [0.15, 0.2) is 0 Å². The van der Waals surface area contributed by atoms with Crippen LogP contribution in [0, 0.1) is 11.7 Å². The van der Waals surface area contributed by atoms with Gasteiger partial charge >= 0.3 is 0 Å². The summed E-state index contributed by atoms with van der Waals surface area (Å²) in [6.45, 7) is 1.15. The van der Waals surface area contributed by atoms with Crippen LogP contribution in [0.4, 0.5) is 10.1 Å². The Kier molecular flexibility index (Phi) is 5.21. The normalized spacial score (nSPS) is 18.7. The summed E-state index contributed by atoms with van der Waals surface area (Å²) in [6, 6.07) is 13.4. The highest BCUT2D eigenvalue weighted by atomic mass is 32.2. The average Bonchev–Trinajstić information content (AvgIpc) is 2.73. The van der Waals surface area contributed by atoms with Crippen molar-refractivity contribution >= 4 is 21.6 Å². The first-order chi connectivity index (χ1) is 13.5. The Hall–Kier alpha value is -2.25.